The molecule has 1 unspecified atom stereocenters. The van der Waals surface area contributed by atoms with Crippen molar-refractivity contribution < 1.29 is 19.8 Å². The molecular formula is C12H15NO4. The molecule has 0 aromatic heterocycles. The van der Waals surface area contributed by atoms with Crippen LogP contribution in [0.2, 0.25) is 0 Å². The number of rotatable bonds is 5. The van der Waals surface area contributed by atoms with Crippen molar-refractivity contribution in [2.24, 2.45) is 0 Å². The van der Waals surface area contributed by atoms with Gasteiger partial charge in [-0.3, -0.25) is 4.79 Å². The number of aliphatic carboxylic acids is 1. The third kappa shape index (κ3) is 3.57. The van der Waals surface area contributed by atoms with E-state index in [1.165, 1.54) is 0 Å². The van der Waals surface area contributed by atoms with E-state index in [0.29, 0.717) is 5.56 Å². The van der Waals surface area contributed by atoms with E-state index in [1.54, 1.807) is 37.3 Å². The van der Waals surface area contributed by atoms with Gasteiger partial charge in [0.15, 0.2) is 6.04 Å². The predicted octanol–water partition coefficient (Wildman–Crippen LogP) is 0.699. The molecule has 0 spiro atoms. The molecular weight excluding hydrogens is 222 g/mol. The molecule has 0 aliphatic heterocycles. The van der Waals surface area contributed by atoms with Crippen LogP contribution in [0.3, 0.4) is 0 Å². The summed E-state index contributed by atoms with van der Waals surface area (Å²) in [5.41, 5.74) is 0.455. The number of carbonyl (C=O) groups is 2. The first-order valence-corrected chi connectivity index (χ1v) is 5.31. The van der Waals surface area contributed by atoms with Gasteiger partial charge in [0.2, 0.25) is 5.91 Å². The van der Waals surface area contributed by atoms with E-state index in [1.807, 2.05) is 0 Å². The van der Waals surface area contributed by atoms with Crippen molar-refractivity contribution in [3.05, 3.63) is 35.9 Å². The van der Waals surface area contributed by atoms with Crippen LogP contribution in [-0.2, 0) is 9.59 Å². The zero-order chi connectivity index (χ0) is 12.8. The number of aliphatic hydroxyl groups excluding tert-OH is 1. The van der Waals surface area contributed by atoms with Crippen molar-refractivity contribution in [2.45, 2.75) is 25.5 Å². The highest BCUT2D eigenvalue weighted by molar-refractivity contribution is 5.83. The van der Waals surface area contributed by atoms with E-state index in [9.17, 15) is 14.7 Å². The largest absolute Gasteiger partial charge is 0.480 e. The monoisotopic (exact) mass is 237 g/mol. The summed E-state index contributed by atoms with van der Waals surface area (Å²) >= 11 is 0. The molecule has 0 bridgehead atoms. The van der Waals surface area contributed by atoms with Gasteiger partial charge in [-0.25, -0.2) is 4.79 Å². The molecule has 3 N–H and O–H groups in total. The first-order valence-electron chi connectivity index (χ1n) is 5.31. The minimum absolute atomic E-state index is 0.172. The molecule has 1 amide bonds. The number of carbonyl (C=O) groups excluding carboxylic acids is 1. The van der Waals surface area contributed by atoms with Gasteiger partial charge in [0.05, 0.1) is 0 Å². The second-order valence-electron chi connectivity index (χ2n) is 3.59. The van der Waals surface area contributed by atoms with E-state index >= 15 is 0 Å². The number of hydrogen-bond acceptors (Lipinski definition) is 3. The quantitative estimate of drug-likeness (QED) is 0.703. The van der Waals surface area contributed by atoms with Crippen LogP contribution in [0.1, 0.15) is 25.0 Å². The van der Waals surface area contributed by atoms with Gasteiger partial charge in [0.25, 0.3) is 0 Å². The number of benzene rings is 1. The third-order valence-corrected chi connectivity index (χ3v) is 2.36. The fraction of sp³-hybridized carbons (Fsp3) is 0.333. The van der Waals surface area contributed by atoms with Gasteiger partial charge in [-0.2, -0.15) is 0 Å². The van der Waals surface area contributed by atoms with Crippen molar-refractivity contribution >= 4 is 11.9 Å². The summed E-state index contributed by atoms with van der Waals surface area (Å²) in [5, 5.41) is 21.2. The van der Waals surface area contributed by atoms with Crippen LogP contribution in [0.5, 0.6) is 0 Å². The Balaban J connectivity index is 2.84. The van der Waals surface area contributed by atoms with Crippen molar-refractivity contribution in [3.63, 3.8) is 0 Å². The number of aliphatic hydroxyl groups is 1. The standard InChI is InChI=1S/C12H15NO4/c1-2-9(14)13-10(12(16)17)11(15)8-6-4-3-5-7-8/h3-7,10-11,15H,2H2,1H3,(H,13,14)(H,16,17)/t10-,11?/m0/s1. The highest BCUT2D eigenvalue weighted by atomic mass is 16.4. The Morgan fingerprint density at radius 2 is 1.88 bits per heavy atom. The van der Waals surface area contributed by atoms with Crippen molar-refractivity contribution in [3.8, 4) is 0 Å². The zero-order valence-electron chi connectivity index (χ0n) is 9.46. The SMILES string of the molecule is CCC(=O)N[C@H](C(=O)O)C(O)c1ccccc1. The lowest BCUT2D eigenvalue weighted by Gasteiger charge is -2.20. The molecule has 0 heterocycles. The van der Waals surface area contributed by atoms with E-state index < -0.39 is 24.0 Å². The minimum atomic E-state index is -1.33. The van der Waals surface area contributed by atoms with Crippen LogP contribution in [0.15, 0.2) is 30.3 Å². The molecule has 92 valence electrons. The molecule has 5 heteroatoms. The molecule has 5 nitrogen and oxygen atoms in total. The highest BCUT2D eigenvalue weighted by Crippen LogP contribution is 2.16. The van der Waals surface area contributed by atoms with Crippen LogP contribution in [-0.4, -0.2) is 28.1 Å². The maximum absolute atomic E-state index is 11.2. The third-order valence-electron chi connectivity index (χ3n) is 2.36. The lowest BCUT2D eigenvalue weighted by molar-refractivity contribution is -0.145. The lowest BCUT2D eigenvalue weighted by atomic mass is 10.0. The van der Waals surface area contributed by atoms with Crippen LogP contribution in [0.25, 0.3) is 0 Å². The molecule has 1 aromatic rings. The predicted molar refractivity (Wildman–Crippen MR) is 61.3 cm³/mol. The number of carboxylic acid groups (broad SMARTS) is 1. The van der Waals surface area contributed by atoms with Crippen molar-refractivity contribution in [1.82, 2.24) is 5.32 Å². The first-order chi connectivity index (χ1) is 8.06. The summed E-state index contributed by atoms with van der Waals surface area (Å²) in [4.78, 5) is 22.2. The van der Waals surface area contributed by atoms with E-state index in [4.69, 9.17) is 5.11 Å². The Labute approximate surface area is 99.1 Å². The average Bonchev–Trinajstić information content (AvgIpc) is 2.35. The topological polar surface area (TPSA) is 86.6 Å². The molecule has 0 fully saturated rings. The van der Waals surface area contributed by atoms with Crippen molar-refractivity contribution in [2.75, 3.05) is 0 Å². The Morgan fingerprint density at radius 3 is 2.35 bits per heavy atom. The van der Waals surface area contributed by atoms with Gasteiger partial charge in [-0.05, 0) is 5.56 Å². The van der Waals surface area contributed by atoms with Crippen LogP contribution in [0, 0.1) is 0 Å². The molecule has 0 aliphatic rings. The lowest BCUT2D eigenvalue weighted by Crippen LogP contribution is -2.44. The summed E-state index contributed by atoms with van der Waals surface area (Å²) < 4.78 is 0. The van der Waals surface area contributed by atoms with E-state index in [0.717, 1.165) is 0 Å². The number of nitrogens with one attached hydrogen (secondary N) is 1. The molecule has 17 heavy (non-hydrogen) atoms. The maximum Gasteiger partial charge on any atom is 0.329 e. The van der Waals surface area contributed by atoms with E-state index in [2.05, 4.69) is 5.32 Å². The smallest absolute Gasteiger partial charge is 0.329 e. The average molecular weight is 237 g/mol. The first kappa shape index (κ1) is 13.2. The van der Waals surface area contributed by atoms with Gasteiger partial charge in [-0.15, -0.1) is 0 Å². The summed E-state index contributed by atoms with van der Waals surface area (Å²) in [5.74, 6) is -1.67. The Kier molecular flexibility index (Phi) is 4.66. The van der Waals surface area contributed by atoms with Gasteiger partial charge >= 0.3 is 5.97 Å². The normalized spacial score (nSPS) is 13.8. The van der Waals surface area contributed by atoms with Crippen molar-refractivity contribution in [1.29, 1.82) is 0 Å². The van der Waals surface area contributed by atoms with Gasteiger partial charge in [0, 0.05) is 6.42 Å². The summed E-state index contributed by atoms with van der Waals surface area (Å²) in [6.45, 7) is 1.61. The second kappa shape index (κ2) is 6.00. The fourth-order valence-corrected chi connectivity index (χ4v) is 1.39. The van der Waals surface area contributed by atoms with Crippen LogP contribution in [0.4, 0.5) is 0 Å². The highest BCUT2D eigenvalue weighted by Gasteiger charge is 2.28. The number of carboxylic acids is 1. The molecule has 1 aromatic carbocycles. The molecule has 0 saturated heterocycles. The summed E-state index contributed by atoms with van der Waals surface area (Å²) in [7, 11) is 0. The van der Waals surface area contributed by atoms with Crippen LogP contribution >= 0.6 is 0 Å². The zero-order valence-corrected chi connectivity index (χ0v) is 9.46. The molecule has 2 atom stereocenters. The number of hydrogen-bond donors (Lipinski definition) is 3. The Bertz CT molecular complexity index is 391. The Hall–Kier alpha value is -1.88. The molecule has 0 radical (unpaired) electrons. The summed E-state index contributed by atoms with van der Waals surface area (Å²) in [6, 6.07) is 7.04. The Morgan fingerprint density at radius 1 is 1.29 bits per heavy atom. The number of amides is 1. The minimum Gasteiger partial charge on any atom is -0.480 e. The van der Waals surface area contributed by atoms with Gasteiger partial charge < -0.3 is 15.5 Å². The van der Waals surface area contributed by atoms with E-state index in [-0.39, 0.29) is 6.42 Å². The molecule has 1 rings (SSSR count). The van der Waals surface area contributed by atoms with Gasteiger partial charge in [-0.1, -0.05) is 37.3 Å². The summed E-state index contributed by atoms with van der Waals surface area (Å²) in [6.07, 6.45) is -1.09. The van der Waals surface area contributed by atoms with Crippen LogP contribution < -0.4 is 5.32 Å². The molecule has 0 saturated carbocycles. The van der Waals surface area contributed by atoms with Gasteiger partial charge in [0.1, 0.15) is 6.10 Å². The molecule has 0 aliphatic carbocycles. The fourth-order valence-electron chi connectivity index (χ4n) is 1.39. The maximum atomic E-state index is 11.2. The second-order valence-corrected chi connectivity index (χ2v) is 3.59.